The van der Waals surface area contributed by atoms with Crippen LogP contribution in [-0.2, 0) is 6.54 Å². The lowest BCUT2D eigenvalue weighted by Gasteiger charge is -2.17. The number of nitrogens with one attached hydrogen (secondary N) is 2. The molecule has 0 saturated heterocycles. The number of hydrogen-bond donors (Lipinski definition) is 2. The molecule has 0 saturated carbocycles. The van der Waals surface area contributed by atoms with Crippen LogP contribution in [0.5, 0.6) is 0 Å². The topological polar surface area (TPSA) is 57.3 Å². The second-order valence-corrected chi connectivity index (χ2v) is 8.07. The number of nitrogens with zero attached hydrogens (tertiary/aromatic N) is 2. The number of carbonyl (C=O) groups is 1. The number of rotatable bonds is 5. The Labute approximate surface area is 191 Å². The van der Waals surface area contributed by atoms with Crippen molar-refractivity contribution in [3.8, 4) is 0 Å². The molecular weight excluding hydrogens is 420 g/mol. The highest BCUT2D eigenvalue weighted by atomic mass is 35.5. The number of anilines is 5. The van der Waals surface area contributed by atoms with Crippen LogP contribution in [0.2, 0.25) is 5.02 Å². The Bertz CT molecular complexity index is 1310. The first-order chi connectivity index (χ1) is 15.6. The average Bonchev–Trinajstić information content (AvgIpc) is 3.14. The van der Waals surface area contributed by atoms with Crippen molar-refractivity contribution >= 4 is 45.9 Å². The maximum absolute atomic E-state index is 13.1. The number of aromatic nitrogens is 1. The largest absolute Gasteiger partial charge is 0.355 e. The Morgan fingerprint density at radius 1 is 0.875 bits per heavy atom. The molecule has 0 unspecified atom stereocenters. The smallest absolute Gasteiger partial charge is 0.258 e. The van der Waals surface area contributed by atoms with Gasteiger partial charge in [-0.2, -0.15) is 0 Å². The number of carbonyl (C=O) groups excluding carboxylic acids is 1. The van der Waals surface area contributed by atoms with E-state index in [1.54, 1.807) is 11.1 Å². The van der Waals surface area contributed by atoms with Crippen LogP contribution in [0.15, 0.2) is 85.1 Å². The van der Waals surface area contributed by atoms with Crippen molar-refractivity contribution in [1.29, 1.82) is 0 Å². The molecule has 1 aromatic heterocycles. The molecule has 0 spiro atoms. The molecule has 0 aliphatic carbocycles. The van der Waals surface area contributed by atoms with Crippen molar-refractivity contribution in [3.63, 3.8) is 0 Å². The predicted molar refractivity (Wildman–Crippen MR) is 130 cm³/mol. The Hall–Kier alpha value is -3.83. The van der Waals surface area contributed by atoms with E-state index in [2.05, 4.69) is 15.6 Å². The fraction of sp³-hybridized carbons (Fsp3) is 0.0769. The van der Waals surface area contributed by atoms with Crippen LogP contribution >= 0.6 is 11.6 Å². The fourth-order valence-corrected chi connectivity index (χ4v) is 4.01. The number of aryl methyl sites for hydroxylation is 1. The summed E-state index contributed by atoms with van der Waals surface area (Å²) < 4.78 is 0. The van der Waals surface area contributed by atoms with Gasteiger partial charge < -0.3 is 15.5 Å². The molecule has 4 aromatic rings. The first kappa shape index (κ1) is 20.1. The first-order valence-electron chi connectivity index (χ1n) is 10.3. The molecule has 2 N–H and O–H groups in total. The number of hydrogen-bond acceptors (Lipinski definition) is 4. The summed E-state index contributed by atoms with van der Waals surface area (Å²) in [7, 11) is 0. The molecule has 1 aliphatic heterocycles. The fourth-order valence-electron chi connectivity index (χ4n) is 3.85. The third-order valence-electron chi connectivity index (χ3n) is 5.47. The zero-order chi connectivity index (χ0) is 22.1. The average molecular weight is 441 g/mol. The van der Waals surface area contributed by atoms with Crippen LogP contribution in [0, 0.1) is 6.92 Å². The van der Waals surface area contributed by atoms with E-state index in [0.717, 1.165) is 39.7 Å². The molecule has 1 amide bonds. The summed E-state index contributed by atoms with van der Waals surface area (Å²) in [6.45, 7) is 2.38. The second-order valence-electron chi connectivity index (χ2n) is 7.69. The van der Waals surface area contributed by atoms with Crippen molar-refractivity contribution in [2.75, 3.05) is 15.5 Å². The van der Waals surface area contributed by atoms with Crippen molar-refractivity contribution in [1.82, 2.24) is 4.98 Å². The third kappa shape index (κ3) is 3.90. The molecule has 158 valence electrons. The molecule has 0 bridgehead atoms. The molecule has 5 rings (SSSR count). The van der Waals surface area contributed by atoms with Gasteiger partial charge in [-0.1, -0.05) is 35.9 Å². The van der Waals surface area contributed by atoms with E-state index < -0.39 is 0 Å². The van der Waals surface area contributed by atoms with Gasteiger partial charge in [0.15, 0.2) is 0 Å². The van der Waals surface area contributed by atoms with E-state index in [9.17, 15) is 4.79 Å². The molecule has 32 heavy (non-hydrogen) atoms. The Balaban J connectivity index is 1.37. The Kier molecular flexibility index (Phi) is 5.25. The minimum atomic E-state index is 0.00111. The standard InChI is InChI=1S/C26H21ClN4O/c1-17-25(27)24(12-13-28-17)30-21-10-11-23-18(14-21)16-31(26(23)32)22-9-5-8-20(15-22)29-19-6-3-2-4-7-19/h2-15,29H,16H2,1H3,(H,28,30). The van der Waals surface area contributed by atoms with Crippen molar-refractivity contribution in [2.45, 2.75) is 13.5 Å². The minimum absolute atomic E-state index is 0.00111. The number of amides is 1. The zero-order valence-corrected chi connectivity index (χ0v) is 18.2. The van der Waals surface area contributed by atoms with Gasteiger partial charge in [0.1, 0.15) is 0 Å². The SMILES string of the molecule is Cc1nccc(Nc2ccc3c(c2)CN(c2cccc(Nc4ccccc4)c2)C3=O)c1Cl. The Morgan fingerprint density at radius 2 is 1.66 bits per heavy atom. The van der Waals surface area contributed by atoms with E-state index in [-0.39, 0.29) is 5.91 Å². The molecule has 0 radical (unpaired) electrons. The highest BCUT2D eigenvalue weighted by Crippen LogP contribution is 2.33. The quantitative estimate of drug-likeness (QED) is 0.363. The van der Waals surface area contributed by atoms with Gasteiger partial charge in [0.2, 0.25) is 0 Å². The number of benzene rings is 3. The van der Waals surface area contributed by atoms with Gasteiger partial charge >= 0.3 is 0 Å². The summed E-state index contributed by atoms with van der Waals surface area (Å²) in [5.41, 5.74) is 6.92. The van der Waals surface area contributed by atoms with Crippen molar-refractivity contribution < 1.29 is 4.79 Å². The lowest BCUT2D eigenvalue weighted by atomic mass is 10.1. The summed E-state index contributed by atoms with van der Waals surface area (Å²) in [6, 6.07) is 25.5. The van der Waals surface area contributed by atoms with Crippen LogP contribution in [0.25, 0.3) is 0 Å². The van der Waals surface area contributed by atoms with E-state index in [0.29, 0.717) is 17.1 Å². The minimum Gasteiger partial charge on any atom is -0.355 e. The van der Waals surface area contributed by atoms with E-state index in [4.69, 9.17) is 11.6 Å². The van der Waals surface area contributed by atoms with Gasteiger partial charge in [0, 0.05) is 34.5 Å². The lowest BCUT2D eigenvalue weighted by Crippen LogP contribution is -2.22. The van der Waals surface area contributed by atoms with Crippen molar-refractivity contribution in [2.24, 2.45) is 0 Å². The number of halogens is 1. The zero-order valence-electron chi connectivity index (χ0n) is 17.5. The molecule has 1 aliphatic rings. The molecule has 0 fully saturated rings. The van der Waals surface area contributed by atoms with Crippen LogP contribution in [-0.4, -0.2) is 10.9 Å². The van der Waals surface area contributed by atoms with Gasteiger partial charge in [0.05, 0.1) is 22.9 Å². The van der Waals surface area contributed by atoms with Gasteiger partial charge in [0.25, 0.3) is 5.91 Å². The van der Waals surface area contributed by atoms with Crippen LogP contribution in [0.4, 0.5) is 28.4 Å². The normalized spacial score (nSPS) is 12.6. The van der Waals surface area contributed by atoms with E-state index in [1.807, 2.05) is 85.8 Å². The van der Waals surface area contributed by atoms with Gasteiger partial charge in [-0.25, -0.2) is 0 Å². The lowest BCUT2D eigenvalue weighted by molar-refractivity contribution is 0.0996. The van der Waals surface area contributed by atoms with Crippen molar-refractivity contribution in [3.05, 3.63) is 107 Å². The highest BCUT2D eigenvalue weighted by Gasteiger charge is 2.28. The van der Waals surface area contributed by atoms with Gasteiger partial charge in [-0.05, 0) is 67.1 Å². The maximum Gasteiger partial charge on any atom is 0.258 e. The maximum atomic E-state index is 13.1. The second kappa shape index (κ2) is 8.36. The number of pyridine rings is 1. The summed E-state index contributed by atoms with van der Waals surface area (Å²) in [6.07, 6.45) is 1.72. The Morgan fingerprint density at radius 3 is 2.50 bits per heavy atom. The molecular formula is C26H21ClN4O. The molecule has 3 aromatic carbocycles. The predicted octanol–water partition coefficient (Wildman–Crippen LogP) is 6.69. The number of fused-ring (bicyclic) bond motifs is 1. The van der Waals surface area contributed by atoms with Crippen LogP contribution in [0.3, 0.4) is 0 Å². The van der Waals surface area contributed by atoms with Crippen LogP contribution < -0.4 is 15.5 Å². The number of para-hydroxylation sites is 1. The van der Waals surface area contributed by atoms with E-state index >= 15 is 0 Å². The summed E-state index contributed by atoms with van der Waals surface area (Å²) >= 11 is 6.37. The molecule has 6 heteroatoms. The van der Waals surface area contributed by atoms with E-state index in [1.165, 1.54) is 0 Å². The van der Waals surface area contributed by atoms with Crippen LogP contribution in [0.1, 0.15) is 21.6 Å². The highest BCUT2D eigenvalue weighted by molar-refractivity contribution is 6.33. The molecule has 0 atom stereocenters. The van der Waals surface area contributed by atoms with Gasteiger partial charge in [-0.15, -0.1) is 0 Å². The first-order valence-corrected chi connectivity index (χ1v) is 10.7. The summed E-state index contributed by atoms with van der Waals surface area (Å²) in [5, 5.41) is 7.31. The summed E-state index contributed by atoms with van der Waals surface area (Å²) in [5.74, 6) is 0.00111. The third-order valence-corrected chi connectivity index (χ3v) is 5.95. The molecule has 2 heterocycles. The van der Waals surface area contributed by atoms with Gasteiger partial charge in [-0.3, -0.25) is 9.78 Å². The molecule has 5 nitrogen and oxygen atoms in total. The monoisotopic (exact) mass is 440 g/mol. The summed E-state index contributed by atoms with van der Waals surface area (Å²) in [4.78, 5) is 19.1.